The molecule has 0 saturated heterocycles. The maximum Gasteiger partial charge on any atom is 0.303 e. The van der Waals surface area contributed by atoms with Gasteiger partial charge in [-0.05, 0) is 42.1 Å². The van der Waals surface area contributed by atoms with Crippen molar-refractivity contribution < 1.29 is 9.90 Å². The van der Waals surface area contributed by atoms with Crippen LogP contribution in [0.5, 0.6) is 0 Å². The van der Waals surface area contributed by atoms with Gasteiger partial charge < -0.3 is 5.11 Å². The number of aliphatic carboxylic acids is 1. The van der Waals surface area contributed by atoms with E-state index in [0.29, 0.717) is 12.3 Å². The first-order valence-corrected chi connectivity index (χ1v) is 6.95. The lowest BCUT2D eigenvalue weighted by atomic mass is 9.51. The summed E-state index contributed by atoms with van der Waals surface area (Å²) in [4.78, 5) is 11.2. The summed E-state index contributed by atoms with van der Waals surface area (Å²) in [7, 11) is 0. The SMILES string of the molecule is O=C(O)C[C@]1(Cc2ccccc2)C[C@H]2CCC[C@H]21. The molecule has 0 unspecified atom stereocenters. The first-order chi connectivity index (χ1) is 8.70. The number of hydrogen-bond donors (Lipinski definition) is 1. The van der Waals surface area contributed by atoms with Crippen LogP contribution in [0.25, 0.3) is 0 Å². The smallest absolute Gasteiger partial charge is 0.303 e. The highest BCUT2D eigenvalue weighted by Crippen LogP contribution is 2.62. The van der Waals surface area contributed by atoms with Gasteiger partial charge in [0, 0.05) is 0 Å². The third-order valence-corrected chi connectivity index (χ3v) is 5.02. The molecule has 0 aromatic heterocycles. The Morgan fingerprint density at radius 2 is 2.06 bits per heavy atom. The number of benzene rings is 1. The summed E-state index contributed by atoms with van der Waals surface area (Å²) in [6.07, 6.45) is 6.28. The molecule has 2 saturated carbocycles. The van der Waals surface area contributed by atoms with Crippen LogP contribution in [0.3, 0.4) is 0 Å². The Bertz CT molecular complexity index is 440. The van der Waals surface area contributed by atoms with Gasteiger partial charge in [-0.25, -0.2) is 0 Å². The molecule has 0 spiro atoms. The predicted octanol–water partition coefficient (Wildman–Crippen LogP) is 3.51. The van der Waals surface area contributed by atoms with Gasteiger partial charge in [-0.15, -0.1) is 0 Å². The van der Waals surface area contributed by atoms with Gasteiger partial charge in [-0.3, -0.25) is 4.79 Å². The molecule has 2 heteroatoms. The maximum absolute atomic E-state index is 11.2. The third kappa shape index (κ3) is 1.94. The normalized spacial score (nSPS) is 33.8. The zero-order chi connectivity index (χ0) is 12.6. The summed E-state index contributed by atoms with van der Waals surface area (Å²) in [5.74, 6) is 0.846. The van der Waals surface area contributed by atoms with Crippen molar-refractivity contribution in [1.29, 1.82) is 0 Å². The third-order valence-electron chi connectivity index (χ3n) is 5.02. The number of hydrogen-bond acceptors (Lipinski definition) is 1. The Balaban J connectivity index is 1.81. The van der Waals surface area contributed by atoms with Gasteiger partial charge in [0.2, 0.25) is 0 Å². The number of rotatable bonds is 4. The van der Waals surface area contributed by atoms with E-state index in [0.717, 1.165) is 18.8 Å². The molecule has 3 rings (SSSR count). The Morgan fingerprint density at radius 1 is 1.28 bits per heavy atom. The van der Waals surface area contributed by atoms with E-state index in [1.54, 1.807) is 0 Å². The van der Waals surface area contributed by atoms with Crippen molar-refractivity contribution in [2.24, 2.45) is 17.3 Å². The monoisotopic (exact) mass is 244 g/mol. The molecule has 2 nitrogen and oxygen atoms in total. The Morgan fingerprint density at radius 3 is 2.72 bits per heavy atom. The van der Waals surface area contributed by atoms with Crippen LogP contribution in [0, 0.1) is 17.3 Å². The highest BCUT2D eigenvalue weighted by atomic mass is 16.4. The molecule has 0 aliphatic heterocycles. The summed E-state index contributed by atoms with van der Waals surface area (Å²) >= 11 is 0. The van der Waals surface area contributed by atoms with E-state index >= 15 is 0 Å². The molecular formula is C16H20O2. The van der Waals surface area contributed by atoms with Crippen LogP contribution in [-0.4, -0.2) is 11.1 Å². The van der Waals surface area contributed by atoms with Crippen LogP contribution in [-0.2, 0) is 11.2 Å². The van der Waals surface area contributed by atoms with Crippen LogP contribution < -0.4 is 0 Å². The fraction of sp³-hybridized carbons (Fsp3) is 0.562. The van der Waals surface area contributed by atoms with Crippen LogP contribution in [0.2, 0.25) is 0 Å². The average Bonchev–Trinajstić information content (AvgIpc) is 2.72. The summed E-state index contributed by atoms with van der Waals surface area (Å²) in [6, 6.07) is 10.4. The first kappa shape index (κ1) is 11.8. The molecule has 0 amide bonds. The van der Waals surface area contributed by atoms with E-state index in [4.69, 9.17) is 0 Å². The lowest BCUT2D eigenvalue weighted by Crippen LogP contribution is -2.48. The highest BCUT2D eigenvalue weighted by Gasteiger charge is 2.55. The molecule has 0 bridgehead atoms. The van der Waals surface area contributed by atoms with Gasteiger partial charge in [0.25, 0.3) is 0 Å². The van der Waals surface area contributed by atoms with Crippen molar-refractivity contribution in [3.05, 3.63) is 35.9 Å². The summed E-state index contributed by atoms with van der Waals surface area (Å²) < 4.78 is 0. The number of fused-ring (bicyclic) bond motifs is 1. The zero-order valence-corrected chi connectivity index (χ0v) is 10.6. The molecule has 2 aliphatic rings. The second-order valence-corrected chi connectivity index (χ2v) is 6.10. The van der Waals surface area contributed by atoms with Gasteiger partial charge in [0.1, 0.15) is 0 Å². The van der Waals surface area contributed by atoms with Gasteiger partial charge >= 0.3 is 5.97 Å². The minimum absolute atomic E-state index is 0.0500. The topological polar surface area (TPSA) is 37.3 Å². The fourth-order valence-corrected chi connectivity index (χ4v) is 4.37. The van der Waals surface area contributed by atoms with Crippen molar-refractivity contribution in [3.8, 4) is 0 Å². The van der Waals surface area contributed by atoms with Crippen LogP contribution >= 0.6 is 0 Å². The van der Waals surface area contributed by atoms with Crippen molar-refractivity contribution >= 4 is 5.97 Å². The van der Waals surface area contributed by atoms with E-state index < -0.39 is 5.97 Å². The zero-order valence-electron chi connectivity index (χ0n) is 10.6. The number of carboxylic acid groups (broad SMARTS) is 1. The molecule has 1 aromatic carbocycles. The highest BCUT2D eigenvalue weighted by molar-refractivity contribution is 5.68. The van der Waals surface area contributed by atoms with Crippen LogP contribution in [0.1, 0.15) is 37.7 Å². The summed E-state index contributed by atoms with van der Waals surface area (Å²) in [5, 5.41) is 9.21. The van der Waals surface area contributed by atoms with Gasteiger partial charge in [0.05, 0.1) is 6.42 Å². The molecule has 96 valence electrons. The lowest BCUT2D eigenvalue weighted by molar-refractivity contribution is -0.146. The first-order valence-electron chi connectivity index (χ1n) is 6.95. The van der Waals surface area contributed by atoms with E-state index in [-0.39, 0.29) is 5.41 Å². The van der Waals surface area contributed by atoms with Crippen molar-refractivity contribution in [3.63, 3.8) is 0 Å². The van der Waals surface area contributed by atoms with E-state index in [2.05, 4.69) is 24.3 Å². The van der Waals surface area contributed by atoms with E-state index in [1.165, 1.54) is 24.8 Å². The van der Waals surface area contributed by atoms with Crippen molar-refractivity contribution in [2.75, 3.05) is 0 Å². The van der Waals surface area contributed by atoms with Gasteiger partial charge in [-0.1, -0.05) is 43.2 Å². The molecule has 2 aliphatic carbocycles. The molecule has 3 atom stereocenters. The van der Waals surface area contributed by atoms with Gasteiger partial charge in [0.15, 0.2) is 0 Å². The second kappa shape index (κ2) is 4.42. The summed E-state index contributed by atoms with van der Waals surface area (Å²) in [5.41, 5.74) is 1.35. The molecule has 1 aromatic rings. The molecular weight excluding hydrogens is 224 g/mol. The van der Waals surface area contributed by atoms with E-state index in [1.807, 2.05) is 6.07 Å². The van der Waals surface area contributed by atoms with Gasteiger partial charge in [-0.2, -0.15) is 0 Å². The maximum atomic E-state index is 11.2. The molecule has 2 fully saturated rings. The Hall–Kier alpha value is -1.31. The Labute approximate surface area is 108 Å². The van der Waals surface area contributed by atoms with Crippen LogP contribution in [0.4, 0.5) is 0 Å². The minimum Gasteiger partial charge on any atom is -0.481 e. The molecule has 0 heterocycles. The number of carboxylic acids is 1. The Kier molecular flexibility index (Phi) is 2.89. The average molecular weight is 244 g/mol. The minimum atomic E-state index is -0.628. The fourth-order valence-electron chi connectivity index (χ4n) is 4.37. The van der Waals surface area contributed by atoms with Crippen LogP contribution in [0.15, 0.2) is 30.3 Å². The molecule has 0 radical (unpaired) electrons. The molecule has 18 heavy (non-hydrogen) atoms. The van der Waals surface area contributed by atoms with Crippen molar-refractivity contribution in [1.82, 2.24) is 0 Å². The molecule has 1 N–H and O–H groups in total. The lowest BCUT2D eigenvalue weighted by Gasteiger charge is -2.52. The number of carbonyl (C=O) groups is 1. The summed E-state index contributed by atoms with van der Waals surface area (Å²) in [6.45, 7) is 0. The quantitative estimate of drug-likeness (QED) is 0.880. The predicted molar refractivity (Wildman–Crippen MR) is 70.3 cm³/mol. The second-order valence-electron chi connectivity index (χ2n) is 6.10. The van der Waals surface area contributed by atoms with Crippen molar-refractivity contribution in [2.45, 2.75) is 38.5 Å². The standard InChI is InChI=1S/C16H20O2/c17-15(18)11-16(9-12-5-2-1-3-6-12)10-13-7-4-8-14(13)16/h1-3,5-6,13-14H,4,7-11H2,(H,17,18)/t13-,14-,16+/m1/s1. The van der Waals surface area contributed by atoms with E-state index in [9.17, 15) is 9.90 Å². The largest absolute Gasteiger partial charge is 0.481 e.